The molecular weight excluding hydrogens is 376 g/mol. The molecule has 0 spiro atoms. The summed E-state index contributed by atoms with van der Waals surface area (Å²) in [4.78, 5) is 21.3. The summed E-state index contributed by atoms with van der Waals surface area (Å²) in [5, 5.41) is 4.73. The van der Waals surface area contributed by atoms with Crippen molar-refractivity contribution in [2.75, 3.05) is 26.2 Å². The molecule has 0 saturated carbocycles. The summed E-state index contributed by atoms with van der Waals surface area (Å²) in [6.45, 7) is 5.47. The van der Waals surface area contributed by atoms with E-state index in [9.17, 15) is 4.79 Å². The fourth-order valence-corrected chi connectivity index (χ4v) is 3.44. The Morgan fingerprint density at radius 1 is 1.07 bits per heavy atom. The summed E-state index contributed by atoms with van der Waals surface area (Å²) in [6, 6.07) is 15.1. The third-order valence-corrected chi connectivity index (χ3v) is 5.22. The van der Waals surface area contributed by atoms with Crippen molar-refractivity contribution in [2.45, 2.75) is 13.5 Å². The van der Waals surface area contributed by atoms with Gasteiger partial charge in [0, 0.05) is 42.3 Å². The molecule has 0 N–H and O–H groups in total. The van der Waals surface area contributed by atoms with Crippen LogP contribution in [-0.2, 0) is 6.54 Å². The van der Waals surface area contributed by atoms with Gasteiger partial charge in [-0.05, 0) is 42.8 Å². The number of piperazine rings is 1. The van der Waals surface area contributed by atoms with Crippen LogP contribution in [0.2, 0.25) is 5.02 Å². The molecule has 0 bridgehead atoms. The second-order valence-corrected chi connectivity index (χ2v) is 7.34. The van der Waals surface area contributed by atoms with Crippen LogP contribution in [0.25, 0.3) is 11.4 Å². The van der Waals surface area contributed by atoms with Gasteiger partial charge in [0.1, 0.15) is 0 Å². The molecular formula is C21H21ClN4O2. The van der Waals surface area contributed by atoms with Gasteiger partial charge < -0.3 is 9.42 Å². The van der Waals surface area contributed by atoms with Crippen LogP contribution in [0.3, 0.4) is 0 Å². The van der Waals surface area contributed by atoms with Crippen molar-refractivity contribution in [1.29, 1.82) is 0 Å². The maximum Gasteiger partial charge on any atom is 0.254 e. The fourth-order valence-electron chi connectivity index (χ4n) is 3.32. The number of aryl methyl sites for hydroxylation is 1. The van der Waals surface area contributed by atoms with E-state index in [0.29, 0.717) is 36.4 Å². The summed E-state index contributed by atoms with van der Waals surface area (Å²) in [5.41, 5.74) is 2.66. The van der Waals surface area contributed by atoms with E-state index < -0.39 is 0 Å². The molecule has 1 saturated heterocycles. The van der Waals surface area contributed by atoms with E-state index >= 15 is 0 Å². The predicted octanol–water partition coefficient (Wildman–Crippen LogP) is 3.66. The molecule has 144 valence electrons. The summed E-state index contributed by atoms with van der Waals surface area (Å²) in [6.07, 6.45) is 0. The smallest absolute Gasteiger partial charge is 0.254 e. The Labute approximate surface area is 168 Å². The predicted molar refractivity (Wildman–Crippen MR) is 107 cm³/mol. The number of halogens is 1. The lowest BCUT2D eigenvalue weighted by Crippen LogP contribution is -2.48. The molecule has 1 aliphatic heterocycles. The lowest BCUT2D eigenvalue weighted by molar-refractivity contribution is 0.0614. The minimum Gasteiger partial charge on any atom is -0.338 e. The summed E-state index contributed by atoms with van der Waals surface area (Å²) in [5.74, 6) is 1.23. The first-order valence-corrected chi connectivity index (χ1v) is 9.64. The molecule has 1 aromatic heterocycles. The summed E-state index contributed by atoms with van der Waals surface area (Å²) >= 11 is 5.92. The maximum atomic E-state index is 12.7. The van der Waals surface area contributed by atoms with Crippen LogP contribution in [0.1, 0.15) is 21.8 Å². The molecule has 2 aromatic carbocycles. The van der Waals surface area contributed by atoms with Gasteiger partial charge >= 0.3 is 0 Å². The first kappa shape index (κ1) is 18.7. The Kier molecular flexibility index (Phi) is 5.41. The Balaban J connectivity index is 1.34. The van der Waals surface area contributed by atoms with E-state index in [1.54, 1.807) is 12.1 Å². The molecule has 0 atom stereocenters. The highest BCUT2D eigenvalue weighted by Gasteiger charge is 2.24. The second kappa shape index (κ2) is 8.12. The Bertz CT molecular complexity index is 963. The molecule has 1 amide bonds. The molecule has 2 heterocycles. The van der Waals surface area contributed by atoms with Crippen molar-refractivity contribution in [1.82, 2.24) is 19.9 Å². The molecule has 0 unspecified atom stereocenters. The molecule has 4 rings (SSSR count). The van der Waals surface area contributed by atoms with Crippen molar-refractivity contribution < 1.29 is 9.32 Å². The number of hydrogen-bond donors (Lipinski definition) is 0. The molecule has 3 aromatic rings. The first-order chi connectivity index (χ1) is 13.6. The minimum absolute atomic E-state index is 0.0977. The highest BCUT2D eigenvalue weighted by Crippen LogP contribution is 2.19. The van der Waals surface area contributed by atoms with Gasteiger partial charge in [-0.3, -0.25) is 9.69 Å². The van der Waals surface area contributed by atoms with E-state index in [4.69, 9.17) is 16.1 Å². The third-order valence-electron chi connectivity index (χ3n) is 4.96. The zero-order chi connectivity index (χ0) is 19.5. The molecule has 1 fully saturated rings. The van der Waals surface area contributed by atoms with Crippen molar-refractivity contribution in [2.24, 2.45) is 0 Å². The van der Waals surface area contributed by atoms with E-state index in [-0.39, 0.29) is 5.91 Å². The average Bonchev–Trinajstić information content (AvgIpc) is 3.17. The molecule has 7 heteroatoms. The number of rotatable bonds is 4. The molecule has 0 aliphatic carbocycles. The average molecular weight is 397 g/mol. The number of nitrogens with zero attached hydrogens (tertiary/aromatic N) is 4. The summed E-state index contributed by atoms with van der Waals surface area (Å²) in [7, 11) is 0. The Morgan fingerprint density at radius 3 is 2.50 bits per heavy atom. The molecule has 0 radical (unpaired) electrons. The van der Waals surface area contributed by atoms with Crippen molar-refractivity contribution in [3.8, 4) is 11.4 Å². The summed E-state index contributed by atoms with van der Waals surface area (Å²) < 4.78 is 5.40. The van der Waals surface area contributed by atoms with Crippen molar-refractivity contribution in [3.05, 3.63) is 70.6 Å². The second-order valence-electron chi connectivity index (χ2n) is 6.90. The van der Waals surface area contributed by atoms with Crippen LogP contribution in [0, 0.1) is 6.92 Å². The van der Waals surface area contributed by atoms with Crippen molar-refractivity contribution >= 4 is 17.5 Å². The fraction of sp³-hybridized carbons (Fsp3) is 0.286. The number of carbonyl (C=O) groups is 1. The van der Waals surface area contributed by atoms with Gasteiger partial charge in [-0.25, -0.2) is 0 Å². The van der Waals surface area contributed by atoms with E-state index in [1.807, 2.05) is 48.2 Å². The Hall–Kier alpha value is -2.70. The topological polar surface area (TPSA) is 62.5 Å². The van der Waals surface area contributed by atoms with Gasteiger partial charge in [0.05, 0.1) is 6.54 Å². The number of carbonyl (C=O) groups excluding carboxylic acids is 1. The van der Waals surface area contributed by atoms with Gasteiger partial charge in [-0.1, -0.05) is 35.0 Å². The van der Waals surface area contributed by atoms with Gasteiger partial charge in [0.15, 0.2) is 0 Å². The largest absolute Gasteiger partial charge is 0.338 e. The SMILES string of the molecule is Cc1ccccc1C(=O)N1CCN(Cc2nc(-c3ccc(Cl)cc3)no2)CC1. The Morgan fingerprint density at radius 2 is 1.79 bits per heavy atom. The normalized spacial score (nSPS) is 15.0. The number of amides is 1. The third kappa shape index (κ3) is 4.08. The van der Waals surface area contributed by atoms with Gasteiger partial charge in [0.25, 0.3) is 5.91 Å². The number of hydrogen-bond acceptors (Lipinski definition) is 5. The maximum absolute atomic E-state index is 12.7. The highest BCUT2D eigenvalue weighted by molar-refractivity contribution is 6.30. The quantitative estimate of drug-likeness (QED) is 0.673. The first-order valence-electron chi connectivity index (χ1n) is 9.26. The van der Waals surface area contributed by atoms with Crippen LogP contribution in [0.15, 0.2) is 53.1 Å². The lowest BCUT2D eigenvalue weighted by atomic mass is 10.1. The van der Waals surface area contributed by atoms with E-state index in [2.05, 4.69) is 15.0 Å². The molecule has 28 heavy (non-hydrogen) atoms. The van der Waals surface area contributed by atoms with Crippen molar-refractivity contribution in [3.63, 3.8) is 0 Å². The number of benzene rings is 2. The van der Waals surface area contributed by atoms with Gasteiger partial charge in [-0.2, -0.15) is 4.98 Å². The lowest BCUT2D eigenvalue weighted by Gasteiger charge is -2.34. The van der Waals surface area contributed by atoms with Crippen LogP contribution in [0.5, 0.6) is 0 Å². The standard InChI is InChI=1S/C21H21ClN4O2/c1-15-4-2-3-5-18(15)21(27)26-12-10-25(11-13-26)14-19-23-20(24-28-19)16-6-8-17(22)9-7-16/h2-9H,10-14H2,1H3. The zero-order valence-corrected chi connectivity index (χ0v) is 16.4. The van der Waals surface area contributed by atoms with Crippen LogP contribution < -0.4 is 0 Å². The highest BCUT2D eigenvalue weighted by atomic mass is 35.5. The zero-order valence-electron chi connectivity index (χ0n) is 15.6. The van der Waals surface area contributed by atoms with E-state index in [0.717, 1.165) is 29.8 Å². The van der Waals surface area contributed by atoms with Gasteiger partial charge in [-0.15, -0.1) is 0 Å². The monoisotopic (exact) mass is 396 g/mol. The molecule has 1 aliphatic rings. The van der Waals surface area contributed by atoms with E-state index in [1.165, 1.54) is 0 Å². The van der Waals surface area contributed by atoms with Crippen LogP contribution in [0.4, 0.5) is 0 Å². The molecule has 6 nitrogen and oxygen atoms in total. The van der Waals surface area contributed by atoms with Crippen LogP contribution in [-0.4, -0.2) is 52.0 Å². The van der Waals surface area contributed by atoms with Gasteiger partial charge in [0.2, 0.25) is 11.7 Å². The minimum atomic E-state index is 0.0977. The van der Waals surface area contributed by atoms with Crippen LogP contribution >= 0.6 is 11.6 Å². The number of aromatic nitrogens is 2.